The Hall–Kier alpha value is -3.10. The van der Waals surface area contributed by atoms with E-state index >= 15 is 0 Å². The van der Waals surface area contributed by atoms with Crippen LogP contribution < -0.4 is 15.4 Å². The summed E-state index contributed by atoms with van der Waals surface area (Å²) in [7, 11) is 1.53. The lowest BCUT2D eigenvalue weighted by molar-refractivity contribution is -0.115. The van der Waals surface area contributed by atoms with E-state index in [2.05, 4.69) is 25.8 Å². The van der Waals surface area contributed by atoms with Gasteiger partial charge in [0, 0.05) is 35.5 Å². The lowest BCUT2D eigenvalue weighted by Crippen LogP contribution is -2.31. The van der Waals surface area contributed by atoms with Crippen molar-refractivity contribution in [3.63, 3.8) is 0 Å². The Morgan fingerprint density at radius 2 is 2.23 bits per heavy atom. The normalized spacial score (nSPS) is 19.3. The van der Waals surface area contributed by atoms with E-state index in [1.54, 1.807) is 12.3 Å². The smallest absolute Gasteiger partial charge is 0.404 e. The fourth-order valence-electron chi connectivity index (χ4n) is 4.10. The van der Waals surface area contributed by atoms with Crippen LogP contribution in [-0.2, 0) is 11.2 Å². The van der Waals surface area contributed by atoms with Crippen molar-refractivity contribution in [2.75, 3.05) is 12.4 Å². The lowest BCUT2D eigenvalue weighted by Gasteiger charge is -2.14. The van der Waals surface area contributed by atoms with Crippen molar-refractivity contribution >= 4 is 17.8 Å². The molecule has 1 saturated carbocycles. The molecular weight excluding hydrogens is 386 g/mol. The summed E-state index contributed by atoms with van der Waals surface area (Å²) in [4.78, 5) is 27.2. The first kappa shape index (κ1) is 21.6. The molecule has 2 aromatic heterocycles. The highest BCUT2D eigenvalue weighted by atomic mass is 16.5. The second-order valence-corrected chi connectivity index (χ2v) is 7.91. The monoisotopic (exact) mass is 415 g/mol. The first-order valence-corrected chi connectivity index (χ1v) is 10.3. The van der Waals surface area contributed by atoms with Crippen LogP contribution in [0.25, 0.3) is 0 Å². The number of carbonyl (C=O) groups is 2. The molecule has 0 aromatic carbocycles. The highest BCUT2D eigenvalue weighted by Gasteiger charge is 2.27. The van der Waals surface area contributed by atoms with Crippen LogP contribution in [-0.4, -0.2) is 45.4 Å². The Kier molecular flexibility index (Phi) is 7.26. The molecule has 3 rings (SSSR count). The molecule has 0 radical (unpaired) electrons. The molecule has 0 spiro atoms. The highest BCUT2D eigenvalue weighted by Crippen LogP contribution is 2.40. The Morgan fingerprint density at radius 1 is 1.40 bits per heavy atom. The molecule has 9 heteroatoms. The van der Waals surface area contributed by atoms with Crippen molar-refractivity contribution in [2.45, 2.75) is 57.4 Å². The van der Waals surface area contributed by atoms with Gasteiger partial charge in [0.2, 0.25) is 11.8 Å². The van der Waals surface area contributed by atoms with E-state index in [-0.39, 0.29) is 18.4 Å². The number of carbonyl (C=O) groups excluding carboxylic acids is 1. The van der Waals surface area contributed by atoms with E-state index < -0.39 is 6.09 Å². The third-order valence-electron chi connectivity index (χ3n) is 5.62. The zero-order chi connectivity index (χ0) is 21.5. The number of hydrogen-bond donors (Lipinski definition) is 4. The number of hydrogen-bond acceptors (Lipinski definition) is 5. The standard InChI is InChI=1S/C21H29N5O4/c1-13(23-21(28)29)5-6-14-7-8-15(10-14)17-12-18(26-25-17)24-19(27)11-16-4-3-9-22-20(16)30-2/h3-4,9,12-15,23H,5-8,10-11H2,1-2H3,(H,28,29)(H2,24,25,26,27)/t13-,14?,15?/m0/s1. The van der Waals surface area contributed by atoms with E-state index in [4.69, 9.17) is 9.84 Å². The number of H-pyrrole nitrogens is 1. The minimum Gasteiger partial charge on any atom is -0.481 e. The van der Waals surface area contributed by atoms with Crippen molar-refractivity contribution in [3.8, 4) is 5.88 Å². The molecule has 162 valence electrons. The molecule has 2 amide bonds. The average Bonchev–Trinajstić information content (AvgIpc) is 3.35. The molecule has 2 heterocycles. The van der Waals surface area contributed by atoms with Gasteiger partial charge < -0.3 is 20.5 Å². The van der Waals surface area contributed by atoms with Crippen LogP contribution in [0.1, 0.15) is 56.2 Å². The first-order valence-electron chi connectivity index (χ1n) is 10.3. The Labute approximate surface area is 175 Å². The van der Waals surface area contributed by atoms with Crippen molar-refractivity contribution in [3.05, 3.63) is 35.7 Å². The molecule has 30 heavy (non-hydrogen) atoms. The van der Waals surface area contributed by atoms with Crippen LogP contribution in [0.2, 0.25) is 0 Å². The van der Waals surface area contributed by atoms with Gasteiger partial charge in [-0.1, -0.05) is 6.07 Å². The summed E-state index contributed by atoms with van der Waals surface area (Å²) < 4.78 is 5.19. The summed E-state index contributed by atoms with van der Waals surface area (Å²) in [6, 6.07) is 5.45. The molecule has 4 N–H and O–H groups in total. The van der Waals surface area contributed by atoms with Crippen molar-refractivity contribution < 1.29 is 19.4 Å². The molecule has 0 bridgehead atoms. The molecular formula is C21H29N5O4. The quantitative estimate of drug-likeness (QED) is 0.497. The Bertz CT molecular complexity index is 869. The second-order valence-electron chi connectivity index (χ2n) is 7.91. The van der Waals surface area contributed by atoms with Gasteiger partial charge in [-0.2, -0.15) is 5.10 Å². The summed E-state index contributed by atoms with van der Waals surface area (Å²) >= 11 is 0. The number of anilines is 1. The van der Waals surface area contributed by atoms with Crippen LogP contribution in [0.3, 0.4) is 0 Å². The maximum Gasteiger partial charge on any atom is 0.404 e. The van der Waals surface area contributed by atoms with Gasteiger partial charge in [-0.25, -0.2) is 9.78 Å². The van der Waals surface area contributed by atoms with E-state index in [0.29, 0.717) is 23.5 Å². The largest absolute Gasteiger partial charge is 0.481 e. The van der Waals surface area contributed by atoms with Gasteiger partial charge in [-0.3, -0.25) is 9.89 Å². The Balaban J connectivity index is 1.48. The molecule has 0 aliphatic heterocycles. The summed E-state index contributed by atoms with van der Waals surface area (Å²) in [6.07, 6.45) is 5.88. The first-order chi connectivity index (χ1) is 14.4. The molecule has 3 atom stereocenters. The number of ether oxygens (including phenoxy) is 1. The van der Waals surface area contributed by atoms with Gasteiger partial charge in [0.05, 0.1) is 13.5 Å². The molecule has 2 unspecified atom stereocenters. The summed E-state index contributed by atoms with van der Waals surface area (Å²) in [5.41, 5.74) is 1.75. The van der Waals surface area contributed by atoms with Crippen LogP contribution in [0.15, 0.2) is 24.4 Å². The number of pyridine rings is 1. The van der Waals surface area contributed by atoms with E-state index in [0.717, 1.165) is 43.4 Å². The number of aromatic nitrogens is 3. The number of aromatic amines is 1. The molecule has 9 nitrogen and oxygen atoms in total. The van der Waals surface area contributed by atoms with Crippen molar-refractivity contribution in [2.24, 2.45) is 5.92 Å². The van der Waals surface area contributed by atoms with E-state index in [9.17, 15) is 9.59 Å². The van der Waals surface area contributed by atoms with E-state index in [1.165, 1.54) is 7.11 Å². The van der Waals surface area contributed by atoms with Crippen LogP contribution in [0, 0.1) is 5.92 Å². The third kappa shape index (κ3) is 5.95. The predicted octanol–water partition coefficient (Wildman–Crippen LogP) is 3.31. The topological polar surface area (TPSA) is 129 Å². The van der Waals surface area contributed by atoms with E-state index in [1.807, 2.05) is 19.1 Å². The lowest BCUT2D eigenvalue weighted by atomic mass is 9.96. The maximum atomic E-state index is 12.4. The van der Waals surface area contributed by atoms with Gasteiger partial charge in [0.1, 0.15) is 0 Å². The number of nitrogens with one attached hydrogen (secondary N) is 3. The molecule has 1 aliphatic rings. The third-order valence-corrected chi connectivity index (χ3v) is 5.62. The van der Waals surface area contributed by atoms with Gasteiger partial charge in [-0.15, -0.1) is 0 Å². The zero-order valence-corrected chi connectivity index (χ0v) is 17.4. The van der Waals surface area contributed by atoms with Crippen LogP contribution >= 0.6 is 0 Å². The van der Waals surface area contributed by atoms with Gasteiger partial charge >= 0.3 is 6.09 Å². The van der Waals surface area contributed by atoms with Crippen molar-refractivity contribution in [1.82, 2.24) is 20.5 Å². The minimum absolute atomic E-state index is 0.0334. The number of carboxylic acid groups (broad SMARTS) is 1. The molecule has 1 fully saturated rings. The van der Waals surface area contributed by atoms with Crippen LogP contribution in [0.5, 0.6) is 5.88 Å². The summed E-state index contributed by atoms with van der Waals surface area (Å²) in [6.45, 7) is 1.89. The number of rotatable bonds is 9. The minimum atomic E-state index is -0.971. The predicted molar refractivity (Wildman–Crippen MR) is 112 cm³/mol. The summed E-state index contributed by atoms with van der Waals surface area (Å²) in [5, 5.41) is 21.4. The number of amides is 2. The highest BCUT2D eigenvalue weighted by molar-refractivity contribution is 5.91. The van der Waals surface area contributed by atoms with Gasteiger partial charge in [0.25, 0.3) is 0 Å². The average molecular weight is 415 g/mol. The zero-order valence-electron chi connectivity index (χ0n) is 17.4. The van der Waals surface area contributed by atoms with Gasteiger partial charge in [-0.05, 0) is 51.0 Å². The van der Waals surface area contributed by atoms with Crippen molar-refractivity contribution in [1.29, 1.82) is 0 Å². The van der Waals surface area contributed by atoms with Gasteiger partial charge in [0.15, 0.2) is 5.82 Å². The summed E-state index contributed by atoms with van der Waals surface area (Å²) in [5.74, 6) is 1.74. The van der Waals surface area contributed by atoms with Crippen LogP contribution in [0.4, 0.5) is 10.6 Å². The molecule has 1 aliphatic carbocycles. The molecule has 2 aromatic rings. The fourth-order valence-corrected chi connectivity index (χ4v) is 4.10. The second kappa shape index (κ2) is 10.1. The maximum absolute atomic E-state index is 12.4. The number of methoxy groups -OCH3 is 1. The Morgan fingerprint density at radius 3 is 3.00 bits per heavy atom. The number of nitrogens with zero attached hydrogens (tertiary/aromatic N) is 2. The molecule has 0 saturated heterocycles. The SMILES string of the molecule is COc1ncccc1CC(=O)Nc1cc(C2CCC(CC[C@H](C)NC(=O)O)C2)[nH]n1. The fraction of sp³-hybridized carbons (Fsp3) is 0.524.